The molecule has 0 saturated carbocycles. The zero-order valence-electron chi connectivity index (χ0n) is 74.4. The number of hydrogen-bond donors (Lipinski definition) is 0. The summed E-state index contributed by atoms with van der Waals surface area (Å²) in [5.41, 5.74) is -21.9. The van der Waals surface area contributed by atoms with Crippen molar-refractivity contribution in [3.63, 3.8) is 0 Å². The van der Waals surface area contributed by atoms with Crippen LogP contribution in [-0.4, -0.2) is 0 Å². The molecule has 2 nitrogen and oxygen atoms in total. The van der Waals surface area contributed by atoms with E-state index in [1.165, 1.54) is 0 Å². The van der Waals surface area contributed by atoms with Gasteiger partial charge in [-0.05, 0) is 143 Å². The maximum absolute atomic E-state index is 10.8. The molecular weight excluding hydrogens is 811 g/mol. The highest BCUT2D eigenvalue weighted by Gasteiger charge is 2.51. The summed E-state index contributed by atoms with van der Waals surface area (Å²) in [7, 11) is 0. The van der Waals surface area contributed by atoms with Gasteiger partial charge in [0.1, 0.15) is 11.2 Å². The van der Waals surface area contributed by atoms with Crippen molar-refractivity contribution in [2.24, 2.45) is 0 Å². The van der Waals surface area contributed by atoms with Crippen LogP contribution in [0.3, 0.4) is 0 Å². The molecule has 0 saturated heterocycles. The monoisotopic (exact) mass is 893 g/mol. The van der Waals surface area contributed by atoms with Crippen molar-refractivity contribution in [1.29, 1.82) is 0 Å². The molecule has 0 atom stereocenters. The molecule has 312 valence electrons. The van der Waals surface area contributed by atoms with Gasteiger partial charge in [0.05, 0.1) is 61.6 Å². The predicted molar refractivity (Wildman–Crippen MR) is 279 cm³/mol. The van der Waals surface area contributed by atoms with Crippen molar-refractivity contribution >= 4 is 49.8 Å². The minimum atomic E-state index is -3.17. The number of benzene rings is 11. The van der Waals surface area contributed by atoms with Crippen LogP contribution in [0.15, 0.2) is 252 Å². The Morgan fingerprint density at radius 3 is 1.49 bits per heavy atom. The van der Waals surface area contributed by atoms with E-state index < -0.39 is 381 Å². The summed E-state index contributed by atoms with van der Waals surface area (Å²) in [5.74, 6) is 0. The molecule has 0 bridgehead atoms. The van der Waals surface area contributed by atoms with Crippen LogP contribution >= 0.6 is 0 Å². The third-order valence-electron chi connectivity index (χ3n) is 11.4. The highest BCUT2D eigenvalue weighted by molar-refractivity contribution is 6.09. The van der Waals surface area contributed by atoms with Crippen molar-refractivity contribution < 1.29 is 60.6 Å². The Morgan fingerprint density at radius 2 is 0.806 bits per heavy atom. The highest BCUT2D eigenvalue weighted by Crippen LogP contribution is 2.63. The van der Waals surface area contributed by atoms with Crippen molar-refractivity contribution in [2.75, 3.05) is 4.90 Å². The van der Waals surface area contributed by atoms with E-state index in [4.69, 9.17) is 29.1 Å². The van der Waals surface area contributed by atoms with Crippen molar-refractivity contribution in [3.8, 4) is 55.6 Å². The summed E-state index contributed by atoms with van der Waals surface area (Å²) in [6, 6.07) is -47.4. The minimum Gasteiger partial charge on any atom is -0.456 e. The van der Waals surface area contributed by atoms with Crippen molar-refractivity contribution in [3.05, 3.63) is 270 Å². The van der Waals surface area contributed by atoms with E-state index in [1.54, 1.807) is 0 Å². The molecule has 1 heterocycles. The summed E-state index contributed by atoms with van der Waals surface area (Å²) in [6.07, 6.45) is 0. The Bertz CT molecular complexity index is 6210. The second-order valence-corrected chi connectivity index (χ2v) is 14.8. The van der Waals surface area contributed by atoms with E-state index in [0.29, 0.717) is 0 Å². The fraction of sp³-hybridized carbons (Fsp3) is 0.0154. The summed E-state index contributed by atoms with van der Waals surface area (Å²) in [5, 5.41) is -2.81. The predicted octanol–water partition coefficient (Wildman–Crippen LogP) is 17.6. The van der Waals surface area contributed by atoms with Gasteiger partial charge in [0.2, 0.25) is 0 Å². The minimum absolute atomic E-state index is 0.176. The first-order valence-electron chi connectivity index (χ1n) is 40.3. The first-order chi connectivity index (χ1) is 50.3. The first-order valence-corrected chi connectivity index (χ1v) is 19.8. The van der Waals surface area contributed by atoms with Crippen LogP contribution in [0.1, 0.15) is 78.5 Å². The normalized spacial score (nSPS) is 21.5. The Kier molecular flexibility index (Phi) is 3.32. The van der Waals surface area contributed by atoms with Gasteiger partial charge >= 0.3 is 0 Å². The number of nitrogens with zero attached hydrogens (tertiary/aromatic N) is 1. The Labute approximate surface area is 446 Å². The number of anilines is 3. The number of furan rings is 1. The molecule has 67 heavy (non-hydrogen) atoms. The summed E-state index contributed by atoms with van der Waals surface area (Å²) in [6.45, 7) is 0. The first kappa shape index (κ1) is 15.2. The van der Waals surface area contributed by atoms with Crippen LogP contribution in [0, 0.1) is 0 Å². The Hall–Kier alpha value is -8.72. The van der Waals surface area contributed by atoms with Gasteiger partial charge in [-0.2, -0.15) is 0 Å². The zero-order chi connectivity index (χ0) is 79.7. The maximum Gasteiger partial charge on any atom is 0.136 e. The highest BCUT2D eigenvalue weighted by atomic mass is 16.3. The smallest absolute Gasteiger partial charge is 0.136 e. The number of hydrogen-bond acceptors (Lipinski definition) is 2. The quantitative estimate of drug-likeness (QED) is 0.165. The van der Waals surface area contributed by atoms with E-state index in [-0.39, 0.29) is 4.90 Å². The molecule has 14 rings (SSSR count). The van der Waals surface area contributed by atoms with Crippen LogP contribution in [0.25, 0.3) is 88.3 Å². The second-order valence-electron chi connectivity index (χ2n) is 14.8. The van der Waals surface area contributed by atoms with E-state index >= 15 is 0 Å². The lowest BCUT2D eigenvalue weighted by Crippen LogP contribution is -2.26. The van der Waals surface area contributed by atoms with Crippen LogP contribution < -0.4 is 4.90 Å². The van der Waals surface area contributed by atoms with Crippen LogP contribution in [0.5, 0.6) is 0 Å². The number of para-hydroxylation sites is 1. The van der Waals surface area contributed by atoms with Gasteiger partial charge in [0.15, 0.2) is 0 Å². The van der Waals surface area contributed by atoms with E-state index in [1.807, 2.05) is 0 Å². The van der Waals surface area contributed by atoms with E-state index in [0.717, 1.165) is 0 Å². The molecule has 12 aromatic rings. The van der Waals surface area contributed by atoms with E-state index in [2.05, 4.69) is 0 Å². The Morgan fingerprint density at radius 1 is 0.313 bits per heavy atom. The van der Waals surface area contributed by atoms with Gasteiger partial charge in [-0.15, -0.1) is 0 Å². The van der Waals surface area contributed by atoms with Gasteiger partial charge in [0, 0.05) is 27.8 Å². The molecule has 0 unspecified atom stereocenters. The fourth-order valence-electron chi connectivity index (χ4n) is 8.63. The molecule has 0 fully saturated rings. The second kappa shape index (κ2) is 14.7. The molecule has 1 aromatic heterocycles. The summed E-state index contributed by atoms with van der Waals surface area (Å²) < 4.78 is 390. The Balaban J connectivity index is 1.20. The van der Waals surface area contributed by atoms with Gasteiger partial charge < -0.3 is 9.32 Å². The topological polar surface area (TPSA) is 16.4 Å². The van der Waals surface area contributed by atoms with Crippen molar-refractivity contribution in [1.82, 2.24) is 0 Å². The lowest BCUT2D eigenvalue weighted by molar-refractivity contribution is 0.669. The lowest BCUT2D eigenvalue weighted by Gasteiger charge is -2.32. The third kappa shape index (κ3) is 5.57. The fourth-order valence-corrected chi connectivity index (χ4v) is 8.63. The molecule has 2 aliphatic carbocycles. The van der Waals surface area contributed by atoms with Gasteiger partial charge in [-0.1, -0.05) is 193 Å². The van der Waals surface area contributed by atoms with Gasteiger partial charge in [0.25, 0.3) is 0 Å². The molecule has 0 amide bonds. The SMILES string of the molecule is [2H]c1c([2H])c([2H])c(-c2c([2H])c([2H])c(N(c3c([2H])c([2H])c(-c4c([2H])c([2H])c5c([2H])c([2H])c([2H])c([2H])c5c4-c4c([2H])c([2H])c5c(oc6c([2H])c([2H])c([2H])c([2H])c65)c4[2H])c([2H])c3[2H])c3c([2H])c([2H])c4c(c3[2H])C3(c5c([2H])c([2H])c([2H])c([2H])c5-c5c([2H])c([2H])c([2H])c([2H])c53)c3c([2H])c([2H])c([2H])c([2H])c3-4)c([2H])c2[2H])c([2H])c1[2H]. The standard InChI is InChI=1S/C65H41NO/c1-2-14-42(15-3-1)43-26-32-47(33-27-43)66(49-36-39-55-54-20-8-12-24-60(54)65(61(55)41-49)58-22-10-6-18-52(58)53-19-7-11-23-59(53)65)48-34-28-45(29-35-48)51-37-30-44-16-4-5-17-50(44)64(51)46-31-38-57-56-21-9-13-25-62(56)67-63(57)40-46/h1-41H/i1D,2D,3D,4D,5D,6D,7D,8D,9D,10D,11D,12D,13D,14D,15D,16D,17D,18D,19D,20D,21D,22D,23D,24D,25D,26D,27D,28D,29D,30D,31D,32D,33D,34D,35D,36D,37D,38D,39D,40D,41D. The lowest BCUT2D eigenvalue weighted by atomic mass is 9.70. The molecule has 1 spiro atoms. The summed E-state index contributed by atoms with van der Waals surface area (Å²) >= 11 is 0. The molecular formula is C65H41NO. The van der Waals surface area contributed by atoms with Gasteiger partial charge in [-0.25, -0.2) is 0 Å². The third-order valence-corrected chi connectivity index (χ3v) is 11.4. The number of fused-ring (bicyclic) bond motifs is 14. The average Bonchev–Trinajstić information content (AvgIpc) is 1.47. The maximum atomic E-state index is 10.8. The van der Waals surface area contributed by atoms with Crippen LogP contribution in [-0.2, 0) is 5.41 Å². The summed E-state index contributed by atoms with van der Waals surface area (Å²) in [4.78, 5) is 0.176. The van der Waals surface area contributed by atoms with Crippen molar-refractivity contribution in [2.45, 2.75) is 5.41 Å². The van der Waals surface area contributed by atoms with Crippen LogP contribution in [0.2, 0.25) is 0 Å². The molecule has 0 radical (unpaired) electrons. The van der Waals surface area contributed by atoms with Gasteiger partial charge in [-0.3, -0.25) is 0 Å². The largest absolute Gasteiger partial charge is 0.456 e. The van der Waals surface area contributed by atoms with Crippen LogP contribution in [0.4, 0.5) is 17.1 Å². The average molecular weight is 893 g/mol. The number of rotatable bonds is 6. The van der Waals surface area contributed by atoms with E-state index in [9.17, 15) is 31.5 Å². The zero-order valence-corrected chi connectivity index (χ0v) is 33.4. The molecule has 0 N–H and O–H groups in total. The molecule has 0 aliphatic heterocycles. The molecule has 11 aromatic carbocycles. The molecule has 2 aliphatic rings. The molecule has 2 heteroatoms.